The van der Waals surface area contributed by atoms with Gasteiger partial charge >= 0.3 is 0 Å². The molecule has 0 saturated carbocycles. The Morgan fingerprint density at radius 2 is 1.32 bits per heavy atom. The van der Waals surface area contributed by atoms with E-state index in [1.54, 1.807) is 37.3 Å². The van der Waals surface area contributed by atoms with Crippen molar-refractivity contribution in [2.75, 3.05) is 40.9 Å². The molecule has 0 aliphatic carbocycles. The van der Waals surface area contributed by atoms with Gasteiger partial charge in [-0.1, -0.05) is 42.0 Å². The molecular weight excluding hydrogens is 516 g/mol. The Balaban J connectivity index is 0.000000330. The van der Waals surface area contributed by atoms with E-state index >= 15 is 0 Å². The number of ether oxygens (including phenoxy) is 4. The summed E-state index contributed by atoms with van der Waals surface area (Å²) in [6.07, 6.45) is -3.47. The molecule has 0 spiro atoms. The summed E-state index contributed by atoms with van der Waals surface area (Å²) >= 11 is 0. The number of hydrogen-bond acceptors (Lipinski definition) is 10. The Morgan fingerprint density at radius 1 is 0.816 bits per heavy atom. The molecule has 2 atom stereocenters. The summed E-state index contributed by atoms with van der Waals surface area (Å²) in [5.41, 5.74) is 1.18. The molecule has 0 saturated heterocycles. The number of aliphatic hydroxyl groups is 3. The minimum Gasteiger partial charge on any atom is -0.468 e. The molecule has 3 N–H and O–H groups in total. The molecule has 0 bridgehead atoms. The summed E-state index contributed by atoms with van der Waals surface area (Å²) in [6, 6.07) is 17.9. The van der Waals surface area contributed by atoms with Crippen LogP contribution in [-0.2, 0) is 23.8 Å². The summed E-state index contributed by atoms with van der Waals surface area (Å²) in [6.45, 7) is -3.74. The highest BCUT2D eigenvalue weighted by Gasteiger charge is 2.18. The van der Waals surface area contributed by atoms with E-state index in [2.05, 4.69) is 4.18 Å². The molecule has 38 heavy (non-hydrogen) atoms. The van der Waals surface area contributed by atoms with Gasteiger partial charge in [0.1, 0.15) is 23.7 Å². The molecule has 11 heteroatoms. The van der Waals surface area contributed by atoms with Crippen LogP contribution in [0.5, 0.6) is 11.5 Å². The third-order valence-corrected chi connectivity index (χ3v) is 5.90. The molecular formula is C27H34O10S. The molecule has 0 unspecified atom stereocenters. The third-order valence-electron chi connectivity index (χ3n) is 4.74. The van der Waals surface area contributed by atoms with Crippen molar-refractivity contribution >= 4 is 10.1 Å². The van der Waals surface area contributed by atoms with Gasteiger partial charge in [-0.3, -0.25) is 4.18 Å². The van der Waals surface area contributed by atoms with Crippen LogP contribution < -0.4 is 9.47 Å². The Kier molecular flexibility index (Phi) is 10.7. The van der Waals surface area contributed by atoms with Crippen molar-refractivity contribution in [1.82, 2.24) is 0 Å². The zero-order valence-electron chi connectivity index (χ0n) is 25.1. The Bertz CT molecular complexity index is 1370. The lowest BCUT2D eigenvalue weighted by Gasteiger charge is -2.13. The smallest absolute Gasteiger partial charge is 0.297 e. The van der Waals surface area contributed by atoms with Crippen LogP contribution in [0.25, 0.3) is 0 Å². The van der Waals surface area contributed by atoms with Crippen molar-refractivity contribution in [2.45, 2.75) is 24.0 Å². The Hall–Kier alpha value is -3.03. The highest BCUT2D eigenvalue weighted by molar-refractivity contribution is 7.86. The monoisotopic (exact) mass is 554 g/mol. The molecule has 0 aliphatic heterocycles. The SMILES string of the molecule is [2H]C([2H])(O)[C@@H](O)c1cccc(OCOC)c1.[2H]C([2H])(OS(=O)(=O)c1ccc(C)cc1)[C@@H](O)c1cccc(OCOC)c1. The van der Waals surface area contributed by atoms with E-state index in [4.69, 9.17) is 29.5 Å². The van der Waals surface area contributed by atoms with Crippen LogP contribution in [0.3, 0.4) is 0 Å². The maximum atomic E-state index is 12.3. The van der Waals surface area contributed by atoms with Crippen LogP contribution in [0.15, 0.2) is 77.7 Å². The van der Waals surface area contributed by atoms with Gasteiger partial charge < -0.3 is 34.3 Å². The molecule has 0 aromatic heterocycles. The standard InChI is InChI=1S/C17H20O6S.C10H14O4/c1-13-6-8-16(9-7-13)24(19,20)23-11-17(18)14-4-3-5-15(10-14)22-12-21-2;1-13-7-14-9-4-2-3-8(5-9)10(12)6-11/h3-10,17-18H,11-12H2,1-2H3;2-5,10-12H,6-7H2,1H3/t17-;10-/m11/s1/i11D2;6D2. The van der Waals surface area contributed by atoms with E-state index in [0.29, 0.717) is 11.5 Å². The van der Waals surface area contributed by atoms with Crippen LogP contribution in [-0.4, -0.2) is 64.7 Å². The lowest BCUT2D eigenvalue weighted by atomic mass is 10.1. The summed E-state index contributed by atoms with van der Waals surface area (Å²) in [4.78, 5) is -0.198. The van der Waals surface area contributed by atoms with Crippen LogP contribution in [0.1, 0.15) is 34.4 Å². The third kappa shape index (κ3) is 10.4. The highest BCUT2D eigenvalue weighted by Crippen LogP contribution is 2.22. The molecule has 10 nitrogen and oxygen atoms in total. The topological polar surface area (TPSA) is 141 Å². The lowest BCUT2D eigenvalue weighted by Crippen LogP contribution is -2.13. The van der Waals surface area contributed by atoms with Crippen molar-refractivity contribution in [3.05, 3.63) is 89.5 Å². The summed E-state index contributed by atoms with van der Waals surface area (Å²) in [5.74, 6) is 0.767. The van der Waals surface area contributed by atoms with Gasteiger partial charge in [0.2, 0.25) is 0 Å². The minimum absolute atomic E-state index is 0.0231. The Morgan fingerprint density at radius 3 is 1.79 bits per heavy atom. The number of benzene rings is 3. The predicted octanol–water partition coefficient (Wildman–Crippen LogP) is 3.11. The second kappa shape index (κ2) is 16.0. The molecule has 0 aliphatic rings. The van der Waals surface area contributed by atoms with E-state index in [1.165, 1.54) is 56.7 Å². The lowest BCUT2D eigenvalue weighted by molar-refractivity contribution is 0.0504. The van der Waals surface area contributed by atoms with Crippen LogP contribution in [0.4, 0.5) is 0 Å². The van der Waals surface area contributed by atoms with Crippen LogP contribution in [0.2, 0.25) is 0 Å². The van der Waals surface area contributed by atoms with Gasteiger partial charge in [0.25, 0.3) is 10.1 Å². The van der Waals surface area contributed by atoms with E-state index in [9.17, 15) is 18.6 Å². The van der Waals surface area contributed by atoms with Gasteiger partial charge in [-0.15, -0.1) is 0 Å². The second-order valence-electron chi connectivity index (χ2n) is 7.65. The van der Waals surface area contributed by atoms with Crippen molar-refractivity contribution in [2.24, 2.45) is 0 Å². The first-order chi connectivity index (χ1) is 19.6. The van der Waals surface area contributed by atoms with E-state index in [1.807, 2.05) is 0 Å². The molecule has 3 rings (SSSR count). The average molecular weight is 555 g/mol. The summed E-state index contributed by atoms with van der Waals surface area (Å²) < 4.78 is 78.8. The first-order valence-electron chi connectivity index (χ1n) is 13.1. The molecule has 0 fully saturated rings. The zero-order valence-corrected chi connectivity index (χ0v) is 21.9. The Labute approximate surface area is 228 Å². The molecule has 0 radical (unpaired) electrons. The molecule has 0 heterocycles. The van der Waals surface area contributed by atoms with Gasteiger partial charge in [0, 0.05) is 14.2 Å². The number of rotatable bonds is 13. The number of aliphatic hydroxyl groups excluding tert-OH is 2. The first-order valence-corrected chi connectivity index (χ1v) is 12.6. The normalized spacial score (nSPS) is 15.0. The summed E-state index contributed by atoms with van der Waals surface area (Å²) in [7, 11) is -1.48. The number of hydrogen-bond donors (Lipinski definition) is 3. The quantitative estimate of drug-likeness (QED) is 0.213. The van der Waals surface area contributed by atoms with Gasteiger partial charge in [-0.05, 0) is 54.4 Å². The van der Waals surface area contributed by atoms with E-state index in [0.717, 1.165) is 5.56 Å². The second-order valence-corrected chi connectivity index (χ2v) is 9.20. The number of methoxy groups -OCH3 is 2. The van der Waals surface area contributed by atoms with Crippen LogP contribution >= 0.6 is 0 Å². The van der Waals surface area contributed by atoms with E-state index in [-0.39, 0.29) is 29.6 Å². The van der Waals surface area contributed by atoms with Gasteiger partial charge in [-0.2, -0.15) is 8.42 Å². The molecule has 3 aromatic rings. The molecule has 3 aromatic carbocycles. The maximum absolute atomic E-state index is 12.3. The highest BCUT2D eigenvalue weighted by atomic mass is 32.2. The zero-order chi connectivity index (χ0) is 31.6. The first kappa shape index (κ1) is 25.3. The fourth-order valence-corrected chi connectivity index (χ4v) is 3.59. The van der Waals surface area contributed by atoms with Crippen molar-refractivity contribution in [1.29, 1.82) is 0 Å². The van der Waals surface area contributed by atoms with Gasteiger partial charge in [-0.25, -0.2) is 0 Å². The van der Waals surface area contributed by atoms with E-state index < -0.39 is 35.4 Å². The van der Waals surface area contributed by atoms with Crippen molar-refractivity contribution < 1.29 is 52.4 Å². The number of aryl methyl sites for hydroxylation is 1. The maximum Gasteiger partial charge on any atom is 0.297 e. The van der Waals surface area contributed by atoms with Crippen molar-refractivity contribution in [3.63, 3.8) is 0 Å². The molecule has 208 valence electrons. The van der Waals surface area contributed by atoms with Gasteiger partial charge in [0.05, 0.1) is 23.5 Å². The average Bonchev–Trinajstić information content (AvgIpc) is 2.94. The fraction of sp³-hybridized carbons (Fsp3) is 0.333. The predicted molar refractivity (Wildman–Crippen MR) is 139 cm³/mol. The largest absolute Gasteiger partial charge is 0.468 e. The van der Waals surface area contributed by atoms with Crippen molar-refractivity contribution in [3.8, 4) is 11.5 Å². The van der Waals surface area contributed by atoms with Gasteiger partial charge in [0.15, 0.2) is 13.6 Å². The minimum atomic E-state index is -4.40. The van der Waals surface area contributed by atoms with Crippen LogP contribution in [0, 0.1) is 6.92 Å². The molecule has 0 amide bonds. The summed E-state index contributed by atoms with van der Waals surface area (Å²) in [5, 5.41) is 28.8. The fourth-order valence-electron chi connectivity index (χ4n) is 2.81.